The van der Waals surface area contributed by atoms with Crippen LogP contribution in [0.5, 0.6) is 0 Å². The van der Waals surface area contributed by atoms with Crippen LogP contribution in [0.3, 0.4) is 0 Å². The Balaban J connectivity index is 2.02. The summed E-state index contributed by atoms with van der Waals surface area (Å²) in [5.41, 5.74) is 1.09. The van der Waals surface area contributed by atoms with E-state index in [0.29, 0.717) is 18.9 Å². The van der Waals surface area contributed by atoms with Crippen LogP contribution in [0.1, 0.15) is 57.6 Å². The number of carbonyl (C=O) groups is 2. The molecule has 0 saturated carbocycles. The van der Waals surface area contributed by atoms with Gasteiger partial charge in [0.05, 0.1) is 12.1 Å². The number of amides is 1. The number of likely N-dealkylation sites (tertiary alicyclic amines) is 1. The summed E-state index contributed by atoms with van der Waals surface area (Å²) in [6.07, 6.45) is 6.96. The molecule has 2 heterocycles. The molecular formula is C19H29N3O3. The van der Waals surface area contributed by atoms with E-state index in [-0.39, 0.29) is 24.4 Å². The molecule has 1 aliphatic heterocycles. The number of nitrogens with zero attached hydrogens (tertiary/aromatic N) is 2. The third kappa shape index (κ3) is 5.81. The Morgan fingerprint density at radius 2 is 2.24 bits per heavy atom. The minimum Gasteiger partial charge on any atom is -0.481 e. The van der Waals surface area contributed by atoms with E-state index in [1.807, 2.05) is 23.2 Å². The van der Waals surface area contributed by atoms with Gasteiger partial charge in [0, 0.05) is 25.4 Å². The van der Waals surface area contributed by atoms with E-state index in [2.05, 4.69) is 24.1 Å². The molecule has 6 heteroatoms. The van der Waals surface area contributed by atoms with Gasteiger partial charge in [-0.2, -0.15) is 0 Å². The number of carboxylic acid groups (broad SMARTS) is 1. The standard InChI is InChI=1S/C19H29N3O3/c1-14(2)12-16(21-10-4-8-18(23)24)19(25)22-11-5-7-17(22)15-6-3-9-20-13-15/h3,6,9,13-14,16-17,21H,4-5,7-8,10-12H2,1-2H3,(H,23,24)/t16-,17-/m0/s1. The SMILES string of the molecule is CC(C)C[C@H](NCCCC(=O)O)C(=O)N1CCC[C@H]1c1cccnc1. The predicted molar refractivity (Wildman–Crippen MR) is 96.0 cm³/mol. The van der Waals surface area contributed by atoms with Crippen LogP contribution in [-0.4, -0.2) is 46.0 Å². The number of pyridine rings is 1. The molecule has 1 saturated heterocycles. The fourth-order valence-corrected chi connectivity index (χ4v) is 3.41. The molecule has 1 aromatic rings. The fourth-order valence-electron chi connectivity index (χ4n) is 3.41. The molecule has 2 N–H and O–H groups in total. The molecule has 1 fully saturated rings. The van der Waals surface area contributed by atoms with Crippen molar-refractivity contribution in [1.29, 1.82) is 0 Å². The van der Waals surface area contributed by atoms with Crippen molar-refractivity contribution < 1.29 is 14.7 Å². The van der Waals surface area contributed by atoms with Gasteiger partial charge in [-0.15, -0.1) is 0 Å². The van der Waals surface area contributed by atoms with Gasteiger partial charge in [0.15, 0.2) is 0 Å². The molecule has 2 atom stereocenters. The highest BCUT2D eigenvalue weighted by molar-refractivity contribution is 5.82. The van der Waals surface area contributed by atoms with Crippen molar-refractivity contribution in [2.75, 3.05) is 13.1 Å². The first kappa shape index (κ1) is 19.4. The summed E-state index contributed by atoms with van der Waals surface area (Å²) in [7, 11) is 0. The van der Waals surface area contributed by atoms with Crippen molar-refractivity contribution >= 4 is 11.9 Å². The molecule has 138 valence electrons. The number of hydrogen-bond acceptors (Lipinski definition) is 4. The third-order valence-electron chi connectivity index (χ3n) is 4.57. The Hall–Kier alpha value is -1.95. The van der Waals surface area contributed by atoms with E-state index >= 15 is 0 Å². The second kappa shape index (κ2) is 9.51. The molecule has 0 aromatic carbocycles. The minimum absolute atomic E-state index is 0.0941. The summed E-state index contributed by atoms with van der Waals surface area (Å²) in [5.74, 6) is -0.291. The van der Waals surface area contributed by atoms with Gasteiger partial charge in [0.2, 0.25) is 5.91 Å². The summed E-state index contributed by atoms with van der Waals surface area (Å²) >= 11 is 0. The smallest absolute Gasteiger partial charge is 0.303 e. The van der Waals surface area contributed by atoms with E-state index in [0.717, 1.165) is 31.4 Å². The topological polar surface area (TPSA) is 82.5 Å². The molecule has 0 spiro atoms. The van der Waals surface area contributed by atoms with E-state index in [1.54, 1.807) is 6.20 Å². The first-order valence-corrected chi connectivity index (χ1v) is 9.14. The highest BCUT2D eigenvalue weighted by atomic mass is 16.4. The van der Waals surface area contributed by atoms with Crippen LogP contribution in [0.15, 0.2) is 24.5 Å². The lowest BCUT2D eigenvalue weighted by atomic mass is 10.0. The van der Waals surface area contributed by atoms with E-state index < -0.39 is 5.97 Å². The number of aliphatic carboxylic acids is 1. The van der Waals surface area contributed by atoms with Gasteiger partial charge in [-0.25, -0.2) is 0 Å². The predicted octanol–water partition coefficient (Wildman–Crippen LogP) is 2.61. The van der Waals surface area contributed by atoms with Crippen LogP contribution in [-0.2, 0) is 9.59 Å². The van der Waals surface area contributed by atoms with Crippen LogP contribution < -0.4 is 5.32 Å². The monoisotopic (exact) mass is 347 g/mol. The second-order valence-corrected chi connectivity index (χ2v) is 7.11. The van der Waals surface area contributed by atoms with E-state index in [4.69, 9.17) is 5.11 Å². The Morgan fingerprint density at radius 1 is 1.44 bits per heavy atom. The molecule has 1 amide bonds. The van der Waals surface area contributed by atoms with Crippen molar-refractivity contribution in [3.05, 3.63) is 30.1 Å². The maximum atomic E-state index is 13.1. The number of nitrogens with one attached hydrogen (secondary N) is 1. The van der Waals surface area contributed by atoms with Gasteiger partial charge in [-0.1, -0.05) is 19.9 Å². The van der Waals surface area contributed by atoms with Gasteiger partial charge in [0.1, 0.15) is 0 Å². The lowest BCUT2D eigenvalue weighted by Gasteiger charge is -2.30. The molecule has 25 heavy (non-hydrogen) atoms. The molecule has 1 aliphatic rings. The number of carbonyl (C=O) groups excluding carboxylic acids is 1. The van der Waals surface area contributed by atoms with Crippen LogP contribution in [0.4, 0.5) is 0 Å². The van der Waals surface area contributed by atoms with Crippen molar-refractivity contribution in [3.8, 4) is 0 Å². The zero-order chi connectivity index (χ0) is 18.2. The average molecular weight is 347 g/mol. The van der Waals surface area contributed by atoms with Gasteiger partial charge in [0.25, 0.3) is 0 Å². The maximum Gasteiger partial charge on any atom is 0.303 e. The molecule has 6 nitrogen and oxygen atoms in total. The maximum absolute atomic E-state index is 13.1. The van der Waals surface area contributed by atoms with E-state index in [1.165, 1.54) is 0 Å². The molecular weight excluding hydrogens is 318 g/mol. The number of carboxylic acids is 1. The van der Waals surface area contributed by atoms with Gasteiger partial charge >= 0.3 is 5.97 Å². The Kier molecular flexibility index (Phi) is 7.37. The number of aromatic nitrogens is 1. The first-order chi connectivity index (χ1) is 12.0. The number of rotatable bonds is 9. The summed E-state index contributed by atoms with van der Waals surface area (Å²) in [6, 6.07) is 3.77. The van der Waals surface area contributed by atoms with Crippen molar-refractivity contribution in [3.63, 3.8) is 0 Å². The van der Waals surface area contributed by atoms with Crippen LogP contribution in [0.25, 0.3) is 0 Å². The van der Waals surface area contributed by atoms with Gasteiger partial charge in [-0.3, -0.25) is 14.6 Å². The highest BCUT2D eigenvalue weighted by Gasteiger charge is 2.34. The molecule has 1 aromatic heterocycles. The van der Waals surface area contributed by atoms with Crippen LogP contribution in [0.2, 0.25) is 0 Å². The highest BCUT2D eigenvalue weighted by Crippen LogP contribution is 2.32. The van der Waals surface area contributed by atoms with E-state index in [9.17, 15) is 9.59 Å². The summed E-state index contributed by atoms with van der Waals surface area (Å²) in [5, 5.41) is 12.0. The fraction of sp³-hybridized carbons (Fsp3) is 0.632. The summed E-state index contributed by atoms with van der Waals surface area (Å²) in [4.78, 5) is 29.9. The quantitative estimate of drug-likeness (QED) is 0.671. The second-order valence-electron chi connectivity index (χ2n) is 7.11. The largest absolute Gasteiger partial charge is 0.481 e. The molecule has 0 aliphatic carbocycles. The molecule has 2 rings (SSSR count). The molecule has 0 unspecified atom stereocenters. The summed E-state index contributed by atoms with van der Waals surface area (Å²) < 4.78 is 0. The average Bonchev–Trinajstić information content (AvgIpc) is 3.07. The van der Waals surface area contributed by atoms with Crippen LogP contribution >= 0.6 is 0 Å². The Bertz CT molecular complexity index is 562. The lowest BCUT2D eigenvalue weighted by molar-refractivity contribution is -0.137. The molecule has 0 bridgehead atoms. The zero-order valence-corrected chi connectivity index (χ0v) is 15.1. The third-order valence-corrected chi connectivity index (χ3v) is 4.57. The van der Waals surface area contributed by atoms with Gasteiger partial charge < -0.3 is 15.3 Å². The normalized spacial score (nSPS) is 18.5. The first-order valence-electron chi connectivity index (χ1n) is 9.14. The van der Waals surface area contributed by atoms with Crippen molar-refractivity contribution in [2.24, 2.45) is 5.92 Å². The van der Waals surface area contributed by atoms with Crippen molar-refractivity contribution in [2.45, 2.75) is 58.0 Å². The Labute approximate surface area is 149 Å². The van der Waals surface area contributed by atoms with Gasteiger partial charge in [-0.05, 0) is 49.8 Å². The lowest BCUT2D eigenvalue weighted by Crippen LogP contribution is -2.47. The van der Waals surface area contributed by atoms with Crippen molar-refractivity contribution in [1.82, 2.24) is 15.2 Å². The zero-order valence-electron chi connectivity index (χ0n) is 15.1. The van der Waals surface area contributed by atoms with Crippen LogP contribution in [0, 0.1) is 5.92 Å². The Morgan fingerprint density at radius 3 is 2.88 bits per heavy atom. The summed E-state index contributed by atoms with van der Waals surface area (Å²) in [6.45, 7) is 5.51. The molecule has 0 radical (unpaired) electrons. The number of hydrogen-bond donors (Lipinski definition) is 2. The minimum atomic E-state index is -0.801.